The molecule has 0 aliphatic rings. The number of rotatable bonds is 4. The second-order valence-corrected chi connectivity index (χ2v) is 8.34. The van der Waals surface area contributed by atoms with Gasteiger partial charge in [-0.05, 0) is 49.2 Å². The standard InChI is InChI=1S/C22H14Cl4N4O3/c1-10-6-16(29-22(32)30-20(31)17-13(23)4-3-5-14(17)24)11(2)18(26)19(10)33-21-15(25)7-12(8-27)9-28-21/h3-7,9H,1-2H3,(H2,29,30,31,32). The van der Waals surface area contributed by atoms with E-state index in [1.165, 1.54) is 24.4 Å². The summed E-state index contributed by atoms with van der Waals surface area (Å²) in [6.07, 6.45) is 1.32. The zero-order chi connectivity index (χ0) is 24.3. The van der Waals surface area contributed by atoms with Crippen molar-refractivity contribution in [3.8, 4) is 17.7 Å². The van der Waals surface area contributed by atoms with Crippen molar-refractivity contribution in [2.75, 3.05) is 5.32 Å². The Balaban J connectivity index is 1.81. The molecule has 0 spiro atoms. The van der Waals surface area contributed by atoms with Gasteiger partial charge in [-0.3, -0.25) is 10.1 Å². The number of carbonyl (C=O) groups is 2. The quantitative estimate of drug-likeness (QED) is 0.385. The Morgan fingerprint density at radius 1 is 1.06 bits per heavy atom. The minimum absolute atomic E-state index is 0.0162. The van der Waals surface area contributed by atoms with Gasteiger partial charge in [0.05, 0.1) is 26.2 Å². The first-order valence-corrected chi connectivity index (χ1v) is 10.7. The molecule has 11 heteroatoms. The van der Waals surface area contributed by atoms with E-state index < -0.39 is 11.9 Å². The number of nitrogens with zero attached hydrogens (tertiary/aromatic N) is 2. The second-order valence-electron chi connectivity index (χ2n) is 6.74. The first-order valence-electron chi connectivity index (χ1n) is 9.22. The Kier molecular flexibility index (Phi) is 7.67. The van der Waals surface area contributed by atoms with Crippen molar-refractivity contribution in [2.24, 2.45) is 0 Å². The molecule has 0 saturated carbocycles. The number of imide groups is 1. The number of benzene rings is 2. The number of urea groups is 1. The fraction of sp³-hybridized carbons (Fsp3) is 0.0909. The summed E-state index contributed by atoms with van der Waals surface area (Å²) in [4.78, 5) is 28.9. The molecule has 0 fully saturated rings. The maximum Gasteiger partial charge on any atom is 0.326 e. The first-order chi connectivity index (χ1) is 15.6. The van der Waals surface area contributed by atoms with Crippen LogP contribution in [0, 0.1) is 25.2 Å². The molecule has 7 nitrogen and oxygen atoms in total. The predicted octanol–water partition coefficient (Wildman–Crippen LogP) is 6.94. The Morgan fingerprint density at radius 2 is 1.73 bits per heavy atom. The van der Waals surface area contributed by atoms with Gasteiger partial charge in [-0.2, -0.15) is 5.26 Å². The predicted molar refractivity (Wildman–Crippen MR) is 128 cm³/mol. The molecule has 1 aromatic heterocycles. The number of aryl methyl sites for hydroxylation is 1. The summed E-state index contributed by atoms with van der Waals surface area (Å²) in [5.41, 5.74) is 1.64. The van der Waals surface area contributed by atoms with Crippen molar-refractivity contribution >= 4 is 64.0 Å². The molecule has 0 saturated heterocycles. The third kappa shape index (κ3) is 5.49. The van der Waals surface area contributed by atoms with E-state index >= 15 is 0 Å². The molecule has 0 radical (unpaired) electrons. The van der Waals surface area contributed by atoms with E-state index in [1.807, 2.05) is 6.07 Å². The monoisotopic (exact) mass is 522 g/mol. The molecule has 3 aromatic rings. The van der Waals surface area contributed by atoms with Crippen molar-refractivity contribution in [1.29, 1.82) is 5.26 Å². The van der Waals surface area contributed by atoms with Crippen LogP contribution in [0.25, 0.3) is 0 Å². The minimum Gasteiger partial charge on any atom is -0.436 e. The lowest BCUT2D eigenvalue weighted by Gasteiger charge is -2.17. The van der Waals surface area contributed by atoms with E-state index in [0.717, 1.165) is 0 Å². The minimum atomic E-state index is -0.806. The Hall–Kier alpha value is -3.02. The average molecular weight is 524 g/mol. The van der Waals surface area contributed by atoms with E-state index in [9.17, 15) is 9.59 Å². The van der Waals surface area contributed by atoms with Crippen LogP contribution in [0.15, 0.2) is 36.5 Å². The number of halogens is 4. The number of amides is 3. The van der Waals surface area contributed by atoms with Gasteiger partial charge in [0, 0.05) is 11.9 Å². The van der Waals surface area contributed by atoms with Crippen molar-refractivity contribution in [1.82, 2.24) is 10.3 Å². The van der Waals surface area contributed by atoms with Crippen molar-refractivity contribution < 1.29 is 14.3 Å². The van der Waals surface area contributed by atoms with E-state index in [1.54, 1.807) is 26.0 Å². The zero-order valence-corrected chi connectivity index (χ0v) is 20.1. The van der Waals surface area contributed by atoms with Gasteiger partial charge in [0.15, 0.2) is 5.75 Å². The summed E-state index contributed by atoms with van der Waals surface area (Å²) in [6, 6.07) is 8.72. The highest BCUT2D eigenvalue weighted by molar-refractivity contribution is 6.40. The fourth-order valence-corrected chi connectivity index (χ4v) is 3.86. The van der Waals surface area contributed by atoms with Crippen LogP contribution in [0.5, 0.6) is 11.6 Å². The molecule has 1 heterocycles. The molecule has 168 valence electrons. The van der Waals surface area contributed by atoms with Crippen LogP contribution in [0.1, 0.15) is 27.0 Å². The summed E-state index contributed by atoms with van der Waals surface area (Å²) >= 11 is 24.6. The molecular formula is C22H14Cl4N4O3. The summed E-state index contributed by atoms with van der Waals surface area (Å²) in [6.45, 7) is 3.36. The highest BCUT2D eigenvalue weighted by Crippen LogP contribution is 2.40. The van der Waals surface area contributed by atoms with Gasteiger partial charge in [0.2, 0.25) is 5.88 Å². The number of ether oxygens (including phenoxy) is 1. The van der Waals surface area contributed by atoms with Gasteiger partial charge in [0.1, 0.15) is 11.1 Å². The molecule has 3 amide bonds. The average Bonchev–Trinajstić information content (AvgIpc) is 2.75. The van der Waals surface area contributed by atoms with Crippen LogP contribution in [-0.2, 0) is 0 Å². The third-order valence-corrected chi connectivity index (χ3v) is 5.81. The maximum atomic E-state index is 12.4. The molecular weight excluding hydrogens is 510 g/mol. The maximum absolute atomic E-state index is 12.4. The number of nitrogens with one attached hydrogen (secondary N) is 2. The van der Waals surface area contributed by atoms with Crippen LogP contribution in [0.2, 0.25) is 20.1 Å². The van der Waals surface area contributed by atoms with Crippen LogP contribution in [0.3, 0.4) is 0 Å². The molecule has 0 aliphatic heterocycles. The highest BCUT2D eigenvalue weighted by Gasteiger charge is 2.20. The summed E-state index contributed by atoms with van der Waals surface area (Å²) in [5, 5.41) is 14.2. The third-order valence-electron chi connectivity index (χ3n) is 4.45. The van der Waals surface area contributed by atoms with Crippen LogP contribution in [0.4, 0.5) is 10.5 Å². The highest BCUT2D eigenvalue weighted by atomic mass is 35.5. The largest absolute Gasteiger partial charge is 0.436 e. The Bertz CT molecular complexity index is 1300. The number of aromatic nitrogens is 1. The van der Waals surface area contributed by atoms with Gasteiger partial charge in [0.25, 0.3) is 5.91 Å². The molecule has 0 atom stereocenters. The smallest absolute Gasteiger partial charge is 0.326 e. The van der Waals surface area contributed by atoms with Crippen molar-refractivity contribution in [3.05, 3.63) is 78.9 Å². The van der Waals surface area contributed by atoms with Crippen molar-refractivity contribution in [2.45, 2.75) is 13.8 Å². The number of hydrogen-bond donors (Lipinski definition) is 2. The molecule has 0 aliphatic carbocycles. The summed E-state index contributed by atoms with van der Waals surface area (Å²) in [7, 11) is 0. The molecule has 3 rings (SSSR count). The van der Waals surface area contributed by atoms with Gasteiger partial charge in [-0.1, -0.05) is 52.5 Å². The molecule has 2 aromatic carbocycles. The van der Waals surface area contributed by atoms with Crippen molar-refractivity contribution in [3.63, 3.8) is 0 Å². The fourth-order valence-electron chi connectivity index (χ4n) is 2.80. The molecule has 0 unspecified atom stereocenters. The lowest BCUT2D eigenvalue weighted by Crippen LogP contribution is -2.34. The van der Waals surface area contributed by atoms with Gasteiger partial charge in [-0.15, -0.1) is 0 Å². The van der Waals surface area contributed by atoms with Crippen LogP contribution in [-0.4, -0.2) is 16.9 Å². The summed E-state index contributed by atoms with van der Waals surface area (Å²) < 4.78 is 5.76. The van der Waals surface area contributed by atoms with Crippen LogP contribution < -0.4 is 15.4 Å². The first kappa shape index (κ1) is 24.6. The number of carbonyl (C=O) groups excluding carboxylic acids is 2. The van der Waals surface area contributed by atoms with Gasteiger partial charge < -0.3 is 10.1 Å². The van der Waals surface area contributed by atoms with E-state index in [2.05, 4.69) is 15.6 Å². The van der Waals surface area contributed by atoms with Crippen LogP contribution >= 0.6 is 46.4 Å². The van der Waals surface area contributed by atoms with Gasteiger partial charge >= 0.3 is 6.03 Å². The number of nitriles is 1. The number of pyridine rings is 1. The van der Waals surface area contributed by atoms with E-state index in [0.29, 0.717) is 16.8 Å². The number of anilines is 1. The topological polar surface area (TPSA) is 104 Å². The van der Waals surface area contributed by atoms with Gasteiger partial charge in [-0.25, -0.2) is 9.78 Å². The normalized spacial score (nSPS) is 10.3. The summed E-state index contributed by atoms with van der Waals surface area (Å²) in [5.74, 6) is -0.413. The second kappa shape index (κ2) is 10.3. The lowest BCUT2D eigenvalue weighted by atomic mass is 10.1. The van der Waals surface area contributed by atoms with E-state index in [4.69, 9.17) is 56.4 Å². The SMILES string of the molecule is Cc1cc(NC(=O)NC(=O)c2c(Cl)cccc2Cl)c(C)c(Cl)c1Oc1ncc(C#N)cc1Cl. The Morgan fingerprint density at radius 3 is 2.33 bits per heavy atom. The van der Waals surface area contributed by atoms with E-state index in [-0.39, 0.29) is 42.8 Å². The lowest BCUT2D eigenvalue weighted by molar-refractivity contribution is 0.0967. The molecule has 0 bridgehead atoms. The number of hydrogen-bond acceptors (Lipinski definition) is 5. The zero-order valence-electron chi connectivity index (χ0n) is 17.1. The molecule has 33 heavy (non-hydrogen) atoms. The molecule has 2 N–H and O–H groups in total. The Labute approximate surface area is 209 Å².